The Morgan fingerprint density at radius 3 is 2.17 bits per heavy atom. The highest BCUT2D eigenvalue weighted by Crippen LogP contribution is 2.57. The molecule has 0 radical (unpaired) electrons. The van der Waals surface area contributed by atoms with Crippen molar-refractivity contribution in [2.75, 3.05) is 0 Å². The van der Waals surface area contributed by atoms with Crippen LogP contribution >= 0.6 is 0 Å². The number of carbonyl (C=O) groups is 1. The van der Waals surface area contributed by atoms with Crippen molar-refractivity contribution in [2.24, 2.45) is 23.2 Å². The predicted octanol–water partition coefficient (Wildman–Crippen LogP) is 3.51. The third kappa shape index (κ3) is 2.19. The lowest BCUT2D eigenvalue weighted by molar-refractivity contribution is -0.137. The van der Waals surface area contributed by atoms with Gasteiger partial charge in [0, 0.05) is 11.0 Å². The van der Waals surface area contributed by atoms with Crippen molar-refractivity contribution in [1.82, 2.24) is 5.32 Å². The SMILES string of the molecule is CC(C)(C)NC(=O)C12CCC3CC(CC(C3)C1)C2. The zero-order chi connectivity index (χ0) is 13.0. The summed E-state index contributed by atoms with van der Waals surface area (Å²) < 4.78 is 0. The molecule has 18 heavy (non-hydrogen) atoms. The monoisotopic (exact) mass is 249 g/mol. The lowest BCUT2D eigenvalue weighted by Gasteiger charge is -2.45. The molecule has 4 rings (SSSR count). The smallest absolute Gasteiger partial charge is 0.226 e. The standard InChI is InChI=1S/C16H27NO/c1-15(2,3)17-14(18)16-5-4-11-6-12(9-16)8-13(7-11)10-16/h11-13H,4-10H2,1-3H3,(H,17,18). The van der Waals surface area contributed by atoms with Crippen LogP contribution < -0.4 is 5.32 Å². The molecule has 2 unspecified atom stereocenters. The van der Waals surface area contributed by atoms with E-state index < -0.39 is 0 Å². The molecular weight excluding hydrogens is 222 g/mol. The van der Waals surface area contributed by atoms with Gasteiger partial charge in [0.1, 0.15) is 0 Å². The highest BCUT2D eigenvalue weighted by atomic mass is 16.2. The zero-order valence-electron chi connectivity index (χ0n) is 12.1. The van der Waals surface area contributed by atoms with Crippen LogP contribution in [0.1, 0.15) is 65.7 Å². The Bertz CT molecular complexity index is 341. The topological polar surface area (TPSA) is 29.1 Å². The second-order valence-corrected chi connectivity index (χ2v) is 8.24. The van der Waals surface area contributed by atoms with Crippen LogP contribution in [0.15, 0.2) is 0 Å². The first-order chi connectivity index (χ1) is 8.36. The number of rotatable bonds is 1. The number of hydrogen-bond donors (Lipinski definition) is 1. The van der Waals surface area contributed by atoms with Gasteiger partial charge in [-0.3, -0.25) is 4.79 Å². The van der Waals surface area contributed by atoms with Crippen LogP contribution in [0.5, 0.6) is 0 Å². The number of nitrogens with one attached hydrogen (secondary N) is 1. The van der Waals surface area contributed by atoms with Crippen molar-refractivity contribution >= 4 is 5.91 Å². The normalized spacial score (nSPS) is 42.7. The fourth-order valence-corrected chi connectivity index (χ4v) is 4.92. The van der Waals surface area contributed by atoms with E-state index in [-0.39, 0.29) is 11.0 Å². The molecule has 0 saturated heterocycles. The maximum absolute atomic E-state index is 12.8. The zero-order valence-corrected chi connectivity index (χ0v) is 12.1. The first-order valence-electron chi connectivity index (χ1n) is 7.69. The van der Waals surface area contributed by atoms with Gasteiger partial charge in [-0.2, -0.15) is 0 Å². The third-order valence-electron chi connectivity index (χ3n) is 5.36. The van der Waals surface area contributed by atoms with E-state index in [1.54, 1.807) is 0 Å². The van der Waals surface area contributed by atoms with Crippen molar-refractivity contribution in [1.29, 1.82) is 0 Å². The number of fused-ring (bicyclic) bond motifs is 1. The van der Waals surface area contributed by atoms with Gasteiger partial charge in [-0.25, -0.2) is 0 Å². The molecule has 0 aliphatic heterocycles. The van der Waals surface area contributed by atoms with Crippen molar-refractivity contribution < 1.29 is 4.79 Å². The van der Waals surface area contributed by atoms with Crippen LogP contribution in [0.4, 0.5) is 0 Å². The summed E-state index contributed by atoms with van der Waals surface area (Å²) >= 11 is 0. The number of amides is 1. The van der Waals surface area contributed by atoms with E-state index in [9.17, 15) is 4.79 Å². The molecule has 0 heterocycles. The summed E-state index contributed by atoms with van der Waals surface area (Å²) in [4.78, 5) is 12.8. The van der Waals surface area contributed by atoms with Gasteiger partial charge in [-0.05, 0) is 83.5 Å². The second-order valence-electron chi connectivity index (χ2n) is 8.24. The van der Waals surface area contributed by atoms with E-state index in [1.165, 1.54) is 38.5 Å². The molecule has 0 aromatic carbocycles. The Kier molecular flexibility index (Phi) is 2.76. The molecule has 2 heteroatoms. The van der Waals surface area contributed by atoms with Crippen LogP contribution in [-0.2, 0) is 4.79 Å². The van der Waals surface area contributed by atoms with E-state index in [0.717, 1.165) is 24.2 Å². The third-order valence-corrected chi connectivity index (χ3v) is 5.36. The Labute approximate surface area is 111 Å². The molecule has 2 atom stereocenters. The van der Waals surface area contributed by atoms with Crippen LogP contribution in [0.3, 0.4) is 0 Å². The van der Waals surface area contributed by atoms with Crippen LogP contribution in [0, 0.1) is 23.2 Å². The van der Waals surface area contributed by atoms with E-state index in [1.807, 2.05) is 0 Å². The molecule has 4 aliphatic rings. The van der Waals surface area contributed by atoms with Gasteiger partial charge in [0.25, 0.3) is 0 Å². The second kappa shape index (κ2) is 3.98. The number of carbonyl (C=O) groups excluding carboxylic acids is 1. The van der Waals surface area contributed by atoms with E-state index in [4.69, 9.17) is 0 Å². The molecule has 0 aromatic heterocycles. The fraction of sp³-hybridized carbons (Fsp3) is 0.938. The molecule has 4 bridgehead atoms. The van der Waals surface area contributed by atoms with Crippen molar-refractivity contribution in [2.45, 2.75) is 71.3 Å². The number of hydrogen-bond acceptors (Lipinski definition) is 1. The van der Waals surface area contributed by atoms with Crippen molar-refractivity contribution in [3.05, 3.63) is 0 Å². The maximum Gasteiger partial charge on any atom is 0.226 e. The lowest BCUT2D eigenvalue weighted by Crippen LogP contribution is -2.51. The van der Waals surface area contributed by atoms with Gasteiger partial charge < -0.3 is 5.32 Å². The fourth-order valence-electron chi connectivity index (χ4n) is 4.92. The van der Waals surface area contributed by atoms with E-state index >= 15 is 0 Å². The first-order valence-corrected chi connectivity index (χ1v) is 7.69. The van der Waals surface area contributed by atoms with Gasteiger partial charge in [-0.1, -0.05) is 0 Å². The summed E-state index contributed by atoms with van der Waals surface area (Å²) in [7, 11) is 0. The molecule has 4 fully saturated rings. The molecule has 4 aliphatic carbocycles. The molecular formula is C16H27NO. The van der Waals surface area contributed by atoms with Gasteiger partial charge in [0.15, 0.2) is 0 Å². The lowest BCUT2D eigenvalue weighted by atomic mass is 9.61. The molecule has 0 spiro atoms. The van der Waals surface area contributed by atoms with Gasteiger partial charge in [0.05, 0.1) is 0 Å². The summed E-state index contributed by atoms with van der Waals surface area (Å²) in [6.07, 6.45) is 8.99. The van der Waals surface area contributed by atoms with Crippen molar-refractivity contribution in [3.8, 4) is 0 Å². The molecule has 4 saturated carbocycles. The highest BCUT2D eigenvalue weighted by molar-refractivity contribution is 5.83. The maximum atomic E-state index is 12.8. The Morgan fingerprint density at radius 1 is 1.06 bits per heavy atom. The first kappa shape index (κ1) is 12.5. The minimum atomic E-state index is -0.0893. The summed E-state index contributed by atoms with van der Waals surface area (Å²) in [5.74, 6) is 2.97. The molecule has 1 amide bonds. The predicted molar refractivity (Wildman–Crippen MR) is 73.1 cm³/mol. The van der Waals surface area contributed by atoms with E-state index in [0.29, 0.717) is 5.91 Å². The Morgan fingerprint density at radius 2 is 1.61 bits per heavy atom. The quantitative estimate of drug-likeness (QED) is 0.757. The summed E-state index contributed by atoms with van der Waals surface area (Å²) in [6, 6.07) is 0. The minimum Gasteiger partial charge on any atom is -0.351 e. The van der Waals surface area contributed by atoms with Crippen molar-refractivity contribution in [3.63, 3.8) is 0 Å². The summed E-state index contributed by atoms with van der Waals surface area (Å²) in [5, 5.41) is 3.26. The van der Waals surface area contributed by atoms with Crippen LogP contribution in [0.25, 0.3) is 0 Å². The molecule has 1 N–H and O–H groups in total. The molecule has 102 valence electrons. The van der Waals surface area contributed by atoms with Crippen LogP contribution in [0.2, 0.25) is 0 Å². The van der Waals surface area contributed by atoms with Crippen LogP contribution in [-0.4, -0.2) is 11.4 Å². The summed E-state index contributed by atoms with van der Waals surface area (Å²) in [6.45, 7) is 6.29. The largest absolute Gasteiger partial charge is 0.351 e. The summed E-state index contributed by atoms with van der Waals surface area (Å²) in [5.41, 5.74) is -0.0971. The minimum absolute atomic E-state index is 0.00782. The average Bonchev–Trinajstić information content (AvgIpc) is 2.41. The average molecular weight is 249 g/mol. The van der Waals surface area contributed by atoms with E-state index in [2.05, 4.69) is 26.1 Å². The van der Waals surface area contributed by atoms with Gasteiger partial charge >= 0.3 is 0 Å². The highest BCUT2D eigenvalue weighted by Gasteiger charge is 2.51. The van der Waals surface area contributed by atoms with Gasteiger partial charge in [0.2, 0.25) is 5.91 Å². The van der Waals surface area contributed by atoms with Gasteiger partial charge in [-0.15, -0.1) is 0 Å². The molecule has 2 nitrogen and oxygen atoms in total. The Balaban J connectivity index is 1.83. The molecule has 0 aromatic rings. The Hall–Kier alpha value is -0.530.